The topological polar surface area (TPSA) is 6.48 Å². The van der Waals surface area contributed by atoms with E-state index in [9.17, 15) is 0 Å². The summed E-state index contributed by atoms with van der Waals surface area (Å²) in [5.41, 5.74) is 0. The molecular formula is C10H20BClN2. The second-order valence-electron chi connectivity index (χ2n) is 4.50. The quantitative estimate of drug-likeness (QED) is 0.650. The molecule has 0 bridgehead atoms. The molecular weight excluding hydrogens is 194 g/mol. The van der Waals surface area contributed by atoms with Crippen molar-refractivity contribution in [3.05, 3.63) is 0 Å². The van der Waals surface area contributed by atoms with Gasteiger partial charge in [0.1, 0.15) is 0 Å². The summed E-state index contributed by atoms with van der Waals surface area (Å²) in [6.45, 7) is 4.80. The second kappa shape index (κ2) is 5.38. The van der Waals surface area contributed by atoms with Crippen LogP contribution >= 0.6 is 11.5 Å². The average molecular weight is 215 g/mol. The Morgan fingerprint density at radius 3 is 1.36 bits per heavy atom. The molecule has 0 amide bonds. The highest BCUT2D eigenvalue weighted by Gasteiger charge is 2.30. The van der Waals surface area contributed by atoms with Gasteiger partial charge < -0.3 is 9.62 Å². The predicted octanol–water partition coefficient (Wildman–Crippen LogP) is 2.18. The van der Waals surface area contributed by atoms with Gasteiger partial charge in [-0.1, -0.05) is 12.8 Å². The fraction of sp³-hybridized carbons (Fsp3) is 1.00. The summed E-state index contributed by atoms with van der Waals surface area (Å²) in [5, 5.41) is 0. The smallest absolute Gasteiger partial charge is 0.314 e. The SMILES string of the molecule is ClB(N1CCCCC1)N1CCCCC1. The summed E-state index contributed by atoms with van der Waals surface area (Å²) in [7, 11) is 0. The van der Waals surface area contributed by atoms with Crippen LogP contribution in [-0.4, -0.2) is 42.2 Å². The molecule has 2 aliphatic heterocycles. The maximum atomic E-state index is 6.49. The van der Waals surface area contributed by atoms with E-state index in [4.69, 9.17) is 11.5 Å². The number of rotatable bonds is 2. The summed E-state index contributed by atoms with van der Waals surface area (Å²) in [4.78, 5) is 4.88. The maximum Gasteiger partial charge on any atom is 0.419 e. The van der Waals surface area contributed by atoms with Crippen LogP contribution in [0.1, 0.15) is 38.5 Å². The Labute approximate surface area is 92.6 Å². The van der Waals surface area contributed by atoms with Crippen molar-refractivity contribution >= 4 is 17.9 Å². The van der Waals surface area contributed by atoms with Crippen LogP contribution < -0.4 is 0 Å². The minimum Gasteiger partial charge on any atom is -0.314 e. The van der Waals surface area contributed by atoms with Gasteiger partial charge in [-0.2, -0.15) is 0 Å². The lowest BCUT2D eigenvalue weighted by atomic mass is 9.93. The van der Waals surface area contributed by atoms with Crippen LogP contribution in [0.5, 0.6) is 0 Å². The molecule has 0 N–H and O–H groups in total. The van der Waals surface area contributed by atoms with Crippen LogP contribution in [0.15, 0.2) is 0 Å². The normalized spacial score (nSPS) is 26.4. The first-order valence-corrected chi connectivity index (χ1v) is 6.44. The molecule has 4 heteroatoms. The van der Waals surface area contributed by atoms with E-state index in [-0.39, 0.29) is 6.40 Å². The largest absolute Gasteiger partial charge is 0.419 e. The van der Waals surface area contributed by atoms with Gasteiger partial charge in [0.15, 0.2) is 0 Å². The summed E-state index contributed by atoms with van der Waals surface area (Å²) < 4.78 is 0. The van der Waals surface area contributed by atoms with Gasteiger partial charge in [0.05, 0.1) is 0 Å². The molecule has 2 saturated heterocycles. The molecule has 80 valence electrons. The van der Waals surface area contributed by atoms with E-state index in [2.05, 4.69) is 9.62 Å². The lowest BCUT2D eigenvalue weighted by Crippen LogP contribution is -2.52. The van der Waals surface area contributed by atoms with Crippen LogP contribution in [0, 0.1) is 0 Å². The Morgan fingerprint density at radius 2 is 1.00 bits per heavy atom. The number of halogens is 1. The number of nitrogens with zero attached hydrogens (tertiary/aromatic N) is 2. The summed E-state index contributed by atoms with van der Waals surface area (Å²) in [6, 6.07) is 0. The fourth-order valence-electron chi connectivity index (χ4n) is 2.49. The van der Waals surface area contributed by atoms with Crippen molar-refractivity contribution < 1.29 is 0 Å². The minimum atomic E-state index is 0.176. The molecule has 0 aliphatic carbocycles. The van der Waals surface area contributed by atoms with Gasteiger partial charge in [0.2, 0.25) is 0 Å². The Bertz CT molecular complexity index is 150. The molecule has 0 radical (unpaired) electrons. The molecule has 0 saturated carbocycles. The monoisotopic (exact) mass is 214 g/mol. The number of piperidine rings is 2. The van der Waals surface area contributed by atoms with Crippen molar-refractivity contribution in [2.45, 2.75) is 38.5 Å². The lowest BCUT2D eigenvalue weighted by molar-refractivity contribution is 0.288. The first-order chi connectivity index (χ1) is 6.88. The predicted molar refractivity (Wildman–Crippen MR) is 62.5 cm³/mol. The van der Waals surface area contributed by atoms with Crippen LogP contribution in [0.2, 0.25) is 0 Å². The number of hydrogen-bond donors (Lipinski definition) is 0. The molecule has 0 unspecified atom stereocenters. The van der Waals surface area contributed by atoms with Gasteiger partial charge in [-0.25, -0.2) is 0 Å². The van der Waals surface area contributed by atoms with E-state index in [0.29, 0.717) is 0 Å². The molecule has 2 rings (SSSR count). The highest BCUT2D eigenvalue weighted by Crippen LogP contribution is 2.18. The molecule has 2 aliphatic rings. The number of hydrogen-bond acceptors (Lipinski definition) is 2. The maximum absolute atomic E-state index is 6.49. The molecule has 0 aromatic carbocycles. The van der Waals surface area contributed by atoms with Gasteiger partial charge in [-0.3, -0.25) is 0 Å². The van der Waals surface area contributed by atoms with Gasteiger partial charge in [-0.05, 0) is 51.9 Å². The van der Waals surface area contributed by atoms with Crippen LogP contribution in [0.25, 0.3) is 0 Å². The molecule has 0 aromatic rings. The van der Waals surface area contributed by atoms with E-state index >= 15 is 0 Å². The molecule has 0 aromatic heterocycles. The van der Waals surface area contributed by atoms with Crippen molar-refractivity contribution in [2.75, 3.05) is 26.2 Å². The summed E-state index contributed by atoms with van der Waals surface area (Å²) in [5.74, 6) is 0. The van der Waals surface area contributed by atoms with Crippen LogP contribution in [0.4, 0.5) is 0 Å². The van der Waals surface area contributed by atoms with E-state index in [1.165, 1.54) is 64.7 Å². The van der Waals surface area contributed by atoms with Crippen molar-refractivity contribution in [2.24, 2.45) is 0 Å². The molecule has 2 heterocycles. The second-order valence-corrected chi connectivity index (χ2v) is 4.89. The summed E-state index contributed by atoms with van der Waals surface area (Å²) in [6.07, 6.45) is 8.28. The minimum absolute atomic E-state index is 0.176. The molecule has 0 atom stereocenters. The van der Waals surface area contributed by atoms with Gasteiger partial charge in [-0.15, -0.1) is 11.5 Å². The highest BCUT2D eigenvalue weighted by atomic mass is 35.5. The van der Waals surface area contributed by atoms with Crippen molar-refractivity contribution in [3.8, 4) is 0 Å². The van der Waals surface area contributed by atoms with Gasteiger partial charge in [0.25, 0.3) is 0 Å². The summed E-state index contributed by atoms with van der Waals surface area (Å²) >= 11 is 6.49. The Morgan fingerprint density at radius 1 is 0.643 bits per heavy atom. The third-order valence-corrected chi connectivity index (χ3v) is 3.94. The molecule has 2 fully saturated rings. The Hall–Kier alpha value is 0.275. The highest BCUT2D eigenvalue weighted by molar-refractivity contribution is 7.03. The van der Waals surface area contributed by atoms with Crippen molar-refractivity contribution in [3.63, 3.8) is 0 Å². The molecule has 2 nitrogen and oxygen atoms in total. The van der Waals surface area contributed by atoms with Crippen LogP contribution in [-0.2, 0) is 0 Å². The zero-order chi connectivity index (χ0) is 9.80. The average Bonchev–Trinajstić information content (AvgIpc) is 2.30. The van der Waals surface area contributed by atoms with E-state index < -0.39 is 0 Å². The third kappa shape index (κ3) is 2.65. The first kappa shape index (κ1) is 10.8. The van der Waals surface area contributed by atoms with E-state index in [1.54, 1.807) is 0 Å². The zero-order valence-electron chi connectivity index (χ0n) is 8.92. The first-order valence-electron chi connectivity index (χ1n) is 6.00. The van der Waals surface area contributed by atoms with Crippen LogP contribution in [0.3, 0.4) is 0 Å². The third-order valence-electron chi connectivity index (χ3n) is 3.38. The van der Waals surface area contributed by atoms with Crippen molar-refractivity contribution in [1.82, 2.24) is 9.62 Å². The fourth-order valence-corrected chi connectivity index (χ4v) is 2.88. The van der Waals surface area contributed by atoms with E-state index in [0.717, 1.165) is 0 Å². The molecule has 14 heavy (non-hydrogen) atoms. The zero-order valence-corrected chi connectivity index (χ0v) is 9.68. The Kier molecular flexibility index (Phi) is 4.15. The van der Waals surface area contributed by atoms with Crippen molar-refractivity contribution in [1.29, 1.82) is 0 Å². The molecule has 0 spiro atoms. The standard InChI is InChI=1S/C10H20BClN2/c12-11(13-7-3-1-4-8-13)14-9-5-2-6-10-14/h1-10H2. The lowest BCUT2D eigenvalue weighted by Gasteiger charge is -2.37. The van der Waals surface area contributed by atoms with E-state index in [1.807, 2.05) is 0 Å². The van der Waals surface area contributed by atoms with Gasteiger partial charge in [0, 0.05) is 0 Å². The Balaban J connectivity index is 1.82. The van der Waals surface area contributed by atoms with Gasteiger partial charge >= 0.3 is 6.40 Å².